The lowest BCUT2D eigenvalue weighted by Gasteiger charge is -2.45. The van der Waals surface area contributed by atoms with Gasteiger partial charge in [-0.25, -0.2) is 0 Å². The molecule has 0 bridgehead atoms. The van der Waals surface area contributed by atoms with Crippen LogP contribution in [0.5, 0.6) is 0 Å². The minimum Gasteiger partial charge on any atom is -0.307 e. The third-order valence-electron chi connectivity index (χ3n) is 2.43. The van der Waals surface area contributed by atoms with Crippen molar-refractivity contribution < 1.29 is 0 Å². The highest BCUT2D eigenvalue weighted by molar-refractivity contribution is 5.25. The van der Waals surface area contributed by atoms with E-state index in [1.165, 1.54) is 0 Å². The van der Waals surface area contributed by atoms with Gasteiger partial charge in [-0.3, -0.25) is 4.99 Å². The summed E-state index contributed by atoms with van der Waals surface area (Å²) < 4.78 is 0. The van der Waals surface area contributed by atoms with E-state index in [2.05, 4.69) is 44.7 Å². The first kappa shape index (κ1) is 9.72. The van der Waals surface area contributed by atoms with Gasteiger partial charge in [-0.05, 0) is 47.3 Å². The molecule has 0 aromatic rings. The molecule has 1 heterocycles. The van der Waals surface area contributed by atoms with Gasteiger partial charge in [0.25, 0.3) is 0 Å². The zero-order valence-electron chi connectivity index (χ0n) is 8.65. The molecule has 2 nitrogen and oxygen atoms in total. The molecule has 0 saturated carbocycles. The average Bonchev–Trinajstić information content (AvgIpc) is 1.80. The number of rotatable bonds is 1. The maximum atomic E-state index is 4.15. The van der Waals surface area contributed by atoms with Crippen molar-refractivity contribution in [2.24, 2.45) is 4.99 Å². The van der Waals surface area contributed by atoms with Crippen LogP contribution in [0.2, 0.25) is 0 Å². The fourth-order valence-electron chi connectivity index (χ4n) is 2.40. The van der Waals surface area contributed by atoms with Crippen LogP contribution >= 0.6 is 0 Å². The summed E-state index contributed by atoms with van der Waals surface area (Å²) in [5.41, 5.74) is 0.404. The summed E-state index contributed by atoms with van der Waals surface area (Å²) in [5, 5.41) is 3.61. The van der Waals surface area contributed by atoms with E-state index in [9.17, 15) is 0 Å². The predicted octanol–water partition coefficient (Wildman–Crippen LogP) is 2.00. The van der Waals surface area contributed by atoms with Crippen molar-refractivity contribution in [3.63, 3.8) is 0 Å². The molecule has 1 N–H and O–H groups in total. The summed E-state index contributed by atoms with van der Waals surface area (Å²) in [6, 6.07) is 0.427. The standard InChI is InChI=1S/C10H20N2/c1-9(2)6-8(11-5)7-10(3,4)12-9/h8,12H,5-7H2,1-4H3. The Kier molecular flexibility index (Phi) is 2.30. The van der Waals surface area contributed by atoms with Crippen LogP contribution < -0.4 is 5.32 Å². The Bertz CT molecular complexity index is 166. The molecular formula is C10H20N2. The van der Waals surface area contributed by atoms with Crippen LogP contribution in [-0.2, 0) is 0 Å². The molecule has 0 aromatic heterocycles. The Hall–Kier alpha value is -0.370. The molecule has 1 aliphatic rings. The van der Waals surface area contributed by atoms with Crippen molar-refractivity contribution >= 4 is 6.72 Å². The lowest BCUT2D eigenvalue weighted by molar-refractivity contribution is 0.165. The minimum atomic E-state index is 0.202. The van der Waals surface area contributed by atoms with E-state index >= 15 is 0 Å². The van der Waals surface area contributed by atoms with E-state index in [1.807, 2.05) is 0 Å². The molecule has 1 saturated heterocycles. The quantitative estimate of drug-likeness (QED) is 0.595. The van der Waals surface area contributed by atoms with Gasteiger partial charge >= 0.3 is 0 Å². The van der Waals surface area contributed by atoms with E-state index in [4.69, 9.17) is 0 Å². The summed E-state index contributed by atoms with van der Waals surface area (Å²) in [7, 11) is 0. The molecule has 70 valence electrons. The first-order valence-corrected chi connectivity index (χ1v) is 4.60. The lowest BCUT2D eigenvalue weighted by Crippen LogP contribution is -2.58. The van der Waals surface area contributed by atoms with Gasteiger partial charge in [-0.1, -0.05) is 0 Å². The maximum absolute atomic E-state index is 4.15. The van der Waals surface area contributed by atoms with Gasteiger partial charge in [0.05, 0.1) is 6.04 Å². The second-order valence-electron chi connectivity index (χ2n) is 5.14. The van der Waals surface area contributed by atoms with Crippen molar-refractivity contribution in [1.29, 1.82) is 0 Å². The fraction of sp³-hybridized carbons (Fsp3) is 0.900. The molecule has 2 heteroatoms. The highest BCUT2D eigenvalue weighted by Gasteiger charge is 2.36. The average molecular weight is 168 g/mol. The van der Waals surface area contributed by atoms with Gasteiger partial charge in [0.2, 0.25) is 0 Å². The maximum Gasteiger partial charge on any atom is 0.0527 e. The molecule has 0 aliphatic carbocycles. The SMILES string of the molecule is C=NC1CC(C)(C)NC(C)(C)C1. The number of hydrogen-bond donors (Lipinski definition) is 1. The molecule has 1 rings (SSSR count). The Morgan fingerprint density at radius 2 is 1.58 bits per heavy atom. The largest absolute Gasteiger partial charge is 0.307 e. The minimum absolute atomic E-state index is 0.202. The summed E-state index contributed by atoms with van der Waals surface area (Å²) in [4.78, 5) is 4.15. The van der Waals surface area contributed by atoms with Crippen molar-refractivity contribution in [2.45, 2.75) is 57.7 Å². The Labute approximate surface area is 75.5 Å². The first-order valence-electron chi connectivity index (χ1n) is 4.60. The molecule has 0 spiro atoms. The summed E-state index contributed by atoms with van der Waals surface area (Å²) >= 11 is 0. The van der Waals surface area contributed by atoms with Gasteiger partial charge in [0.1, 0.15) is 0 Å². The van der Waals surface area contributed by atoms with Crippen LogP contribution in [0.15, 0.2) is 4.99 Å². The van der Waals surface area contributed by atoms with Crippen LogP contribution in [0.3, 0.4) is 0 Å². The van der Waals surface area contributed by atoms with Gasteiger partial charge in [0, 0.05) is 11.1 Å². The molecule has 12 heavy (non-hydrogen) atoms. The normalized spacial score (nSPS) is 28.3. The van der Waals surface area contributed by atoms with E-state index < -0.39 is 0 Å². The van der Waals surface area contributed by atoms with Crippen LogP contribution in [0.25, 0.3) is 0 Å². The van der Waals surface area contributed by atoms with Crippen LogP contribution in [0.4, 0.5) is 0 Å². The Balaban J connectivity index is 2.72. The molecule has 1 aliphatic heterocycles. The van der Waals surface area contributed by atoms with Gasteiger partial charge in [0.15, 0.2) is 0 Å². The van der Waals surface area contributed by atoms with Crippen LogP contribution in [-0.4, -0.2) is 23.8 Å². The monoisotopic (exact) mass is 168 g/mol. The van der Waals surface area contributed by atoms with E-state index in [-0.39, 0.29) is 11.1 Å². The van der Waals surface area contributed by atoms with Crippen molar-refractivity contribution in [3.05, 3.63) is 0 Å². The Morgan fingerprint density at radius 3 is 1.92 bits per heavy atom. The van der Waals surface area contributed by atoms with Crippen molar-refractivity contribution in [3.8, 4) is 0 Å². The first-order chi connectivity index (χ1) is 5.35. The third kappa shape index (κ3) is 2.31. The van der Waals surface area contributed by atoms with Crippen LogP contribution in [0.1, 0.15) is 40.5 Å². The molecule has 0 atom stereocenters. The number of aliphatic imine (C=N–C) groups is 1. The zero-order chi connectivity index (χ0) is 9.41. The highest BCUT2D eigenvalue weighted by atomic mass is 15.1. The smallest absolute Gasteiger partial charge is 0.0527 e. The Morgan fingerprint density at radius 1 is 1.17 bits per heavy atom. The van der Waals surface area contributed by atoms with Gasteiger partial charge in [-0.2, -0.15) is 0 Å². The van der Waals surface area contributed by atoms with E-state index in [0.717, 1.165) is 12.8 Å². The van der Waals surface area contributed by atoms with Crippen molar-refractivity contribution in [2.75, 3.05) is 0 Å². The van der Waals surface area contributed by atoms with Crippen LogP contribution in [0, 0.1) is 0 Å². The van der Waals surface area contributed by atoms with Gasteiger partial charge < -0.3 is 5.32 Å². The number of nitrogens with one attached hydrogen (secondary N) is 1. The summed E-state index contributed by atoms with van der Waals surface area (Å²) in [5.74, 6) is 0. The molecule has 0 aromatic carbocycles. The lowest BCUT2D eigenvalue weighted by atomic mass is 9.80. The van der Waals surface area contributed by atoms with Crippen molar-refractivity contribution in [1.82, 2.24) is 5.32 Å². The third-order valence-corrected chi connectivity index (χ3v) is 2.43. The molecular weight excluding hydrogens is 148 g/mol. The second-order valence-corrected chi connectivity index (χ2v) is 5.14. The molecule has 0 unspecified atom stereocenters. The zero-order valence-corrected chi connectivity index (χ0v) is 8.65. The predicted molar refractivity (Wildman–Crippen MR) is 53.9 cm³/mol. The number of hydrogen-bond acceptors (Lipinski definition) is 2. The number of nitrogens with zero attached hydrogens (tertiary/aromatic N) is 1. The molecule has 0 radical (unpaired) electrons. The molecule has 1 fully saturated rings. The van der Waals surface area contributed by atoms with E-state index in [1.54, 1.807) is 0 Å². The van der Waals surface area contributed by atoms with E-state index in [0.29, 0.717) is 6.04 Å². The summed E-state index contributed by atoms with van der Waals surface area (Å²) in [6.45, 7) is 12.6. The topological polar surface area (TPSA) is 24.4 Å². The fourth-order valence-corrected chi connectivity index (χ4v) is 2.40. The van der Waals surface area contributed by atoms with Gasteiger partial charge in [-0.15, -0.1) is 0 Å². The summed E-state index contributed by atoms with van der Waals surface area (Å²) in [6.07, 6.45) is 2.19. The highest BCUT2D eigenvalue weighted by Crippen LogP contribution is 2.29. The number of piperidine rings is 1. The second kappa shape index (κ2) is 2.84. The molecule has 0 amide bonds.